The molecule has 10 heteroatoms. The second-order valence-electron chi connectivity index (χ2n) is 8.40. The molecule has 0 spiro atoms. The van der Waals surface area contributed by atoms with Gasteiger partial charge in [-0.15, -0.1) is 0 Å². The van der Waals surface area contributed by atoms with Crippen molar-refractivity contribution in [2.75, 3.05) is 38.3 Å². The molecule has 184 valence electrons. The quantitative estimate of drug-likeness (QED) is 0.392. The highest BCUT2D eigenvalue weighted by Crippen LogP contribution is 2.34. The molecule has 0 unspecified atom stereocenters. The average molecular weight is 526 g/mol. The lowest BCUT2D eigenvalue weighted by Crippen LogP contribution is -2.38. The van der Waals surface area contributed by atoms with E-state index in [0.29, 0.717) is 29.7 Å². The van der Waals surface area contributed by atoms with E-state index in [9.17, 15) is 8.42 Å². The molecular weight excluding hydrogens is 495 g/mol. The monoisotopic (exact) mass is 524 g/mol. The van der Waals surface area contributed by atoms with E-state index >= 15 is 0 Å². The number of hydrogen-bond donors (Lipinski definition) is 0. The summed E-state index contributed by atoms with van der Waals surface area (Å²) in [5.41, 5.74) is 1.60. The summed E-state index contributed by atoms with van der Waals surface area (Å²) in [6.07, 6.45) is 1.63. The predicted molar refractivity (Wildman–Crippen MR) is 138 cm³/mol. The van der Waals surface area contributed by atoms with Crippen LogP contribution in [-0.4, -0.2) is 61.9 Å². The van der Waals surface area contributed by atoms with E-state index in [1.165, 1.54) is 0 Å². The van der Waals surface area contributed by atoms with Gasteiger partial charge in [0.05, 0.1) is 23.6 Å². The zero-order chi connectivity index (χ0) is 24.5. The molecule has 34 heavy (non-hydrogen) atoms. The van der Waals surface area contributed by atoms with Gasteiger partial charge in [-0.1, -0.05) is 29.3 Å². The summed E-state index contributed by atoms with van der Waals surface area (Å²) in [6.45, 7) is 6.87. The molecule has 4 rings (SSSR count). The van der Waals surface area contributed by atoms with Gasteiger partial charge < -0.3 is 9.64 Å². The Bertz CT molecular complexity index is 1250. The summed E-state index contributed by atoms with van der Waals surface area (Å²) < 4.78 is 35.8. The van der Waals surface area contributed by atoms with Crippen LogP contribution in [0.4, 0.5) is 5.82 Å². The standard InChI is InChI=1S/C24H30Cl2N4O3S/c1-4-28(5-2)24-19-14-18(34(31,32)30-13-7-8-17(30)16-33-3)11-12-23(19)29(27-24)15-20-21(25)9-6-10-22(20)26/h6,9-12,14,17H,4-5,7-8,13,15-16H2,1-3H3/t17-/m0/s1. The molecule has 1 saturated heterocycles. The van der Waals surface area contributed by atoms with Gasteiger partial charge in [-0.25, -0.2) is 8.42 Å². The number of rotatable bonds is 9. The van der Waals surface area contributed by atoms with Gasteiger partial charge in [0, 0.05) is 53.8 Å². The number of nitrogens with zero attached hydrogens (tertiary/aromatic N) is 4. The van der Waals surface area contributed by atoms with Gasteiger partial charge >= 0.3 is 0 Å². The third-order valence-corrected chi connectivity index (χ3v) is 9.08. The average Bonchev–Trinajstić information content (AvgIpc) is 3.43. The van der Waals surface area contributed by atoms with Gasteiger partial charge in [0.1, 0.15) is 0 Å². The maximum Gasteiger partial charge on any atom is 0.243 e. The van der Waals surface area contributed by atoms with E-state index < -0.39 is 10.0 Å². The smallest absolute Gasteiger partial charge is 0.243 e. The van der Waals surface area contributed by atoms with Crippen molar-refractivity contribution in [3.05, 3.63) is 52.0 Å². The van der Waals surface area contributed by atoms with E-state index in [1.54, 1.807) is 35.7 Å². The van der Waals surface area contributed by atoms with Crippen LogP contribution < -0.4 is 4.90 Å². The van der Waals surface area contributed by atoms with Crippen LogP contribution in [0.1, 0.15) is 32.3 Å². The van der Waals surface area contributed by atoms with Crippen LogP contribution in [0, 0.1) is 0 Å². The Hall–Kier alpha value is -1.84. The number of methoxy groups -OCH3 is 1. The molecule has 0 bridgehead atoms. The van der Waals surface area contributed by atoms with Crippen molar-refractivity contribution >= 4 is 49.9 Å². The Morgan fingerprint density at radius 3 is 2.50 bits per heavy atom. The van der Waals surface area contributed by atoms with Crippen molar-refractivity contribution in [1.29, 1.82) is 0 Å². The summed E-state index contributed by atoms with van der Waals surface area (Å²) in [6, 6.07) is 10.5. The third kappa shape index (κ3) is 4.66. The summed E-state index contributed by atoms with van der Waals surface area (Å²) in [5.74, 6) is 0.745. The second-order valence-corrected chi connectivity index (χ2v) is 11.1. The number of aromatic nitrogens is 2. The SMILES string of the molecule is CCN(CC)c1nn(Cc2c(Cl)cccc2Cl)c2ccc(S(=O)(=O)N3CCC[C@H]3COC)cc12. The zero-order valence-corrected chi connectivity index (χ0v) is 22.0. The van der Waals surface area contributed by atoms with E-state index in [2.05, 4.69) is 18.7 Å². The zero-order valence-electron chi connectivity index (χ0n) is 19.7. The Labute approximate surface area is 211 Å². The molecule has 0 aliphatic carbocycles. The summed E-state index contributed by atoms with van der Waals surface area (Å²) in [5, 5.41) is 6.79. The first-order chi connectivity index (χ1) is 16.3. The number of fused-ring (bicyclic) bond motifs is 1. The number of hydrogen-bond acceptors (Lipinski definition) is 5. The largest absolute Gasteiger partial charge is 0.383 e. The summed E-state index contributed by atoms with van der Waals surface area (Å²) in [7, 11) is -2.06. The third-order valence-electron chi connectivity index (χ3n) is 6.42. The molecule has 3 aromatic rings. The van der Waals surface area contributed by atoms with Crippen LogP contribution in [-0.2, 0) is 21.3 Å². The lowest BCUT2D eigenvalue weighted by molar-refractivity contribution is 0.149. The Balaban J connectivity index is 1.82. The number of benzene rings is 2. The van der Waals surface area contributed by atoms with Crippen LogP contribution in [0.15, 0.2) is 41.3 Å². The minimum atomic E-state index is -3.66. The first kappa shape index (κ1) is 25.3. The molecule has 2 heterocycles. The molecule has 1 aliphatic rings. The van der Waals surface area contributed by atoms with Crippen molar-refractivity contribution < 1.29 is 13.2 Å². The van der Waals surface area contributed by atoms with E-state index in [4.69, 9.17) is 33.0 Å². The number of halogens is 2. The first-order valence-corrected chi connectivity index (χ1v) is 13.7. The maximum atomic E-state index is 13.6. The normalized spacial score (nSPS) is 17.0. The van der Waals surface area contributed by atoms with E-state index in [1.807, 2.05) is 16.8 Å². The first-order valence-electron chi connectivity index (χ1n) is 11.5. The molecule has 7 nitrogen and oxygen atoms in total. The van der Waals surface area contributed by atoms with Crippen molar-refractivity contribution in [3.63, 3.8) is 0 Å². The topological polar surface area (TPSA) is 67.7 Å². The predicted octanol–water partition coefficient (Wildman–Crippen LogP) is 5.04. The molecule has 1 aliphatic heterocycles. The van der Waals surface area contributed by atoms with E-state index in [0.717, 1.165) is 48.2 Å². The van der Waals surface area contributed by atoms with Crippen molar-refractivity contribution in [2.24, 2.45) is 0 Å². The molecule has 0 saturated carbocycles. The van der Waals surface area contributed by atoms with Crippen molar-refractivity contribution in [3.8, 4) is 0 Å². The molecular formula is C24H30Cl2N4O3S. The maximum absolute atomic E-state index is 13.6. The van der Waals surface area contributed by atoms with Gasteiger partial charge in [-0.3, -0.25) is 4.68 Å². The van der Waals surface area contributed by atoms with E-state index in [-0.39, 0.29) is 10.9 Å². The molecule has 1 aromatic heterocycles. The number of ether oxygens (including phenoxy) is 1. The Kier molecular flexibility index (Phi) is 7.74. The van der Waals surface area contributed by atoms with Crippen LogP contribution in [0.25, 0.3) is 10.9 Å². The molecule has 0 N–H and O–H groups in total. The van der Waals surface area contributed by atoms with Crippen molar-refractivity contribution in [1.82, 2.24) is 14.1 Å². The highest BCUT2D eigenvalue weighted by molar-refractivity contribution is 7.89. The number of sulfonamides is 1. The van der Waals surface area contributed by atoms with Gasteiger partial charge in [-0.05, 0) is 57.0 Å². The fourth-order valence-corrected chi connectivity index (χ4v) is 6.86. The van der Waals surface area contributed by atoms with Crippen LogP contribution in [0.2, 0.25) is 10.0 Å². The minimum absolute atomic E-state index is 0.141. The molecule has 2 aromatic carbocycles. The fraction of sp³-hybridized carbons (Fsp3) is 0.458. The van der Waals surface area contributed by atoms with Gasteiger partial charge in [0.25, 0.3) is 0 Å². The van der Waals surface area contributed by atoms with Crippen LogP contribution >= 0.6 is 23.2 Å². The van der Waals surface area contributed by atoms with Gasteiger partial charge in [0.2, 0.25) is 10.0 Å². The Morgan fingerprint density at radius 1 is 1.15 bits per heavy atom. The lowest BCUT2D eigenvalue weighted by Gasteiger charge is -2.23. The lowest BCUT2D eigenvalue weighted by atomic mass is 10.2. The Morgan fingerprint density at radius 2 is 1.85 bits per heavy atom. The second kappa shape index (κ2) is 10.4. The fourth-order valence-electron chi connectivity index (χ4n) is 4.63. The van der Waals surface area contributed by atoms with Crippen molar-refractivity contribution in [2.45, 2.75) is 44.2 Å². The molecule has 1 atom stereocenters. The molecule has 1 fully saturated rings. The van der Waals surface area contributed by atoms with Gasteiger partial charge in [-0.2, -0.15) is 9.40 Å². The molecule has 0 amide bonds. The van der Waals surface area contributed by atoms with Crippen LogP contribution in [0.3, 0.4) is 0 Å². The van der Waals surface area contributed by atoms with Crippen LogP contribution in [0.5, 0.6) is 0 Å². The highest BCUT2D eigenvalue weighted by atomic mass is 35.5. The minimum Gasteiger partial charge on any atom is -0.383 e. The molecule has 0 radical (unpaired) electrons. The highest BCUT2D eigenvalue weighted by Gasteiger charge is 2.35. The summed E-state index contributed by atoms with van der Waals surface area (Å²) >= 11 is 12.8. The summed E-state index contributed by atoms with van der Waals surface area (Å²) in [4.78, 5) is 2.39. The van der Waals surface area contributed by atoms with Gasteiger partial charge in [0.15, 0.2) is 5.82 Å². The number of anilines is 1.